The van der Waals surface area contributed by atoms with Crippen LogP contribution in [0.5, 0.6) is 0 Å². The fourth-order valence-electron chi connectivity index (χ4n) is 0. The van der Waals surface area contributed by atoms with Crippen LogP contribution in [-0.2, 0) is 24.0 Å². The molecule has 0 amide bonds. The molecular formula is H13CaO9PSiSrZn. The summed E-state index contributed by atoms with van der Waals surface area (Å²) in [5.74, 6) is 0. The van der Waals surface area contributed by atoms with Gasteiger partial charge in [0.25, 0.3) is 0 Å². The average Bonchev–Trinajstić information content (AvgIpc) is 1.12. The molecule has 0 heterocycles. The predicted molar refractivity (Wildman–Crippen MR) is 48.5 cm³/mol. The molecule has 0 aromatic carbocycles. The van der Waals surface area contributed by atoms with Crippen LogP contribution in [-0.4, -0.2) is 132 Å². The molecular weight excluding hydrogens is 396 g/mol. The normalized spacial score (nSPS) is 8.50. The van der Waals surface area contributed by atoms with E-state index in [9.17, 15) is 0 Å². The minimum Gasteiger partial charge on any atom is -1.00 e. The second-order valence-corrected chi connectivity index (χ2v) is 3.34. The number of rotatable bonds is 0. The standard InChI is InChI=1S/Ca.H3O4P.H4O4Si.H2O.Sr.Zn.4H/c;2*1-5(2,3)4;;;;;;;/h;(H3,1,2,3,4);1-4H;1H2;;;;;;/q+2;;;;+2;;4*-1. The summed E-state index contributed by atoms with van der Waals surface area (Å²) in [7, 11) is -9.25. The second kappa shape index (κ2) is 16.5. The molecule has 0 aliphatic carbocycles. The Morgan fingerprint density at radius 2 is 1.00 bits per heavy atom. The van der Waals surface area contributed by atoms with Crippen molar-refractivity contribution in [3.63, 3.8) is 0 Å². The zero-order chi connectivity index (χ0) is 9.00. The van der Waals surface area contributed by atoms with Crippen molar-refractivity contribution in [2.75, 3.05) is 0 Å². The Morgan fingerprint density at radius 1 is 1.00 bits per heavy atom. The Kier molecular flexibility index (Phi) is 42.4. The fourth-order valence-corrected chi connectivity index (χ4v) is 0. The van der Waals surface area contributed by atoms with E-state index in [1.165, 1.54) is 0 Å². The van der Waals surface area contributed by atoms with Gasteiger partial charge < -0.3 is 45.0 Å². The van der Waals surface area contributed by atoms with Crippen LogP contribution in [0.2, 0.25) is 0 Å². The Labute approximate surface area is 166 Å². The summed E-state index contributed by atoms with van der Waals surface area (Å²) in [5, 5.41) is 0. The van der Waals surface area contributed by atoms with Gasteiger partial charge in [-0.1, -0.05) is 0 Å². The zero-order valence-corrected chi connectivity index (χ0v) is 17.7. The summed E-state index contributed by atoms with van der Waals surface area (Å²) in [6.45, 7) is 0. The quantitative estimate of drug-likeness (QED) is 0.153. The maximum absolute atomic E-state index is 8.88. The Hall–Kier alpha value is 3.49. The molecule has 0 atom stereocenters. The summed E-state index contributed by atoms with van der Waals surface area (Å²) in [6, 6.07) is 0. The van der Waals surface area contributed by atoms with E-state index in [2.05, 4.69) is 0 Å². The molecule has 14 heavy (non-hydrogen) atoms. The molecule has 0 rings (SSSR count). The largest absolute Gasteiger partial charge is 2.00 e. The summed E-state index contributed by atoms with van der Waals surface area (Å²) >= 11 is 0. The third-order valence-electron chi connectivity index (χ3n) is 0. The van der Waals surface area contributed by atoms with E-state index in [0.29, 0.717) is 0 Å². The molecule has 0 fully saturated rings. The number of hydrogen-bond donors (Lipinski definition) is 7. The van der Waals surface area contributed by atoms with Crippen LogP contribution < -0.4 is 0 Å². The Bertz CT molecular complexity index is 131. The third kappa shape index (κ3) is 267. The molecule has 82 valence electrons. The van der Waals surface area contributed by atoms with Crippen LogP contribution in [0.4, 0.5) is 0 Å². The number of phosphoric acid groups is 1. The monoisotopic (exact) mass is 408 g/mol. The van der Waals surface area contributed by atoms with Crippen LogP contribution in [0.3, 0.4) is 0 Å². The third-order valence-corrected chi connectivity index (χ3v) is 0. The van der Waals surface area contributed by atoms with E-state index >= 15 is 0 Å². The Morgan fingerprint density at radius 3 is 1.00 bits per heavy atom. The van der Waals surface area contributed by atoms with Crippen molar-refractivity contribution in [3.8, 4) is 0 Å². The van der Waals surface area contributed by atoms with Crippen molar-refractivity contribution in [2.45, 2.75) is 0 Å². The molecule has 0 bridgehead atoms. The van der Waals surface area contributed by atoms with Crippen LogP contribution in [0, 0.1) is 0 Å². The van der Waals surface area contributed by atoms with Gasteiger partial charge in [-0.3, -0.25) is 0 Å². The van der Waals surface area contributed by atoms with Crippen LogP contribution in [0.1, 0.15) is 5.71 Å². The zero-order valence-electron chi connectivity index (χ0n) is 11.1. The number of hydrogen-bond acceptors (Lipinski definition) is 5. The van der Waals surface area contributed by atoms with Crippen molar-refractivity contribution in [2.24, 2.45) is 0 Å². The second-order valence-electron chi connectivity index (χ2n) is 1.11. The first-order valence-corrected chi connectivity index (χ1v) is 5.03. The first-order chi connectivity index (χ1) is 4.00. The van der Waals surface area contributed by atoms with Crippen molar-refractivity contribution < 1.29 is 69.1 Å². The van der Waals surface area contributed by atoms with Crippen LogP contribution >= 0.6 is 7.82 Å². The molecule has 0 aliphatic rings. The molecule has 0 saturated heterocycles. The van der Waals surface area contributed by atoms with E-state index in [1.807, 2.05) is 0 Å². The van der Waals surface area contributed by atoms with Crippen molar-refractivity contribution in [1.82, 2.24) is 0 Å². The molecule has 9 N–H and O–H groups in total. The fraction of sp³-hybridized carbons (Fsp3) is 0. The minimum atomic E-state index is -4.64. The molecule has 9 nitrogen and oxygen atoms in total. The van der Waals surface area contributed by atoms with Gasteiger partial charge in [0.05, 0.1) is 0 Å². The smallest absolute Gasteiger partial charge is 1.00 e. The molecule has 0 aromatic heterocycles. The van der Waals surface area contributed by atoms with E-state index in [1.54, 1.807) is 0 Å². The summed E-state index contributed by atoms with van der Waals surface area (Å²) in [4.78, 5) is 50.9. The topological polar surface area (TPSA) is 190 Å². The van der Waals surface area contributed by atoms with E-state index in [-0.39, 0.29) is 114 Å². The molecule has 0 aliphatic heterocycles. The van der Waals surface area contributed by atoms with Gasteiger partial charge in [0.15, 0.2) is 0 Å². The van der Waals surface area contributed by atoms with Crippen LogP contribution in [0.15, 0.2) is 0 Å². The predicted octanol–water partition coefficient (Wildman–Crippen LogP) is -4.68. The van der Waals surface area contributed by atoms with Gasteiger partial charge in [-0.25, -0.2) is 4.57 Å². The molecule has 0 unspecified atom stereocenters. The van der Waals surface area contributed by atoms with Gasteiger partial charge in [0.1, 0.15) is 0 Å². The van der Waals surface area contributed by atoms with Crippen molar-refractivity contribution in [1.29, 1.82) is 0 Å². The summed E-state index contributed by atoms with van der Waals surface area (Å²) in [6.07, 6.45) is 0. The van der Waals surface area contributed by atoms with Crippen LogP contribution in [0.25, 0.3) is 0 Å². The van der Waals surface area contributed by atoms with Gasteiger partial charge in [-0.2, -0.15) is 0 Å². The first-order valence-electron chi connectivity index (χ1n) is 1.68. The first kappa shape index (κ1) is 36.0. The van der Waals surface area contributed by atoms with Gasteiger partial charge in [-0.05, 0) is 0 Å². The van der Waals surface area contributed by atoms with E-state index < -0.39 is 16.9 Å². The molecule has 0 spiro atoms. The molecule has 0 aromatic rings. The SMILES string of the molecule is O.O=P(O)(O)O.O[Si](O)(O)O.[Ca+2].[H-].[H-].[H-].[H-].[Sr+2].[Zn]. The van der Waals surface area contributed by atoms with E-state index in [4.69, 9.17) is 38.4 Å². The van der Waals surface area contributed by atoms with Gasteiger partial charge in [0, 0.05) is 19.5 Å². The molecule has 0 saturated carbocycles. The van der Waals surface area contributed by atoms with E-state index in [0.717, 1.165) is 0 Å². The van der Waals surface area contributed by atoms with Crippen molar-refractivity contribution in [3.05, 3.63) is 0 Å². The molecule has 0 radical (unpaired) electrons. The van der Waals surface area contributed by atoms with Gasteiger partial charge >= 0.3 is 100 Å². The summed E-state index contributed by atoms with van der Waals surface area (Å²) < 4.78 is 8.88. The average molecular weight is 409 g/mol. The maximum atomic E-state index is 8.88. The van der Waals surface area contributed by atoms with Gasteiger partial charge in [-0.15, -0.1) is 0 Å². The summed E-state index contributed by atoms with van der Waals surface area (Å²) in [5.41, 5.74) is 0. The van der Waals surface area contributed by atoms with Gasteiger partial charge in [0.2, 0.25) is 0 Å². The molecule has 14 heteroatoms. The van der Waals surface area contributed by atoms with Crippen molar-refractivity contribution >= 4 is 100 Å². The maximum Gasteiger partial charge on any atom is 2.00 e. The Balaban J connectivity index is -0.00000000615. The minimum absolute atomic E-state index is 0.